The standard InChI is InChI=1S/C17H27N/c1-11-2-4-14(5-3-11)17(18)15-7-12-6-13(9-15)10-16(17)8-12/h4,11-13,15-16H,2-3,5-10,18H2,1H3. The van der Waals surface area contributed by atoms with E-state index < -0.39 is 0 Å². The second kappa shape index (κ2) is 3.85. The van der Waals surface area contributed by atoms with Gasteiger partial charge in [-0.2, -0.15) is 0 Å². The van der Waals surface area contributed by atoms with Crippen LogP contribution in [-0.4, -0.2) is 5.54 Å². The fourth-order valence-corrected chi connectivity index (χ4v) is 5.85. The Balaban J connectivity index is 1.66. The van der Waals surface area contributed by atoms with Crippen LogP contribution < -0.4 is 5.73 Å². The molecule has 0 aromatic carbocycles. The van der Waals surface area contributed by atoms with Crippen molar-refractivity contribution >= 4 is 0 Å². The van der Waals surface area contributed by atoms with E-state index in [1.165, 1.54) is 51.4 Å². The van der Waals surface area contributed by atoms with Gasteiger partial charge in [0.15, 0.2) is 0 Å². The van der Waals surface area contributed by atoms with E-state index in [-0.39, 0.29) is 5.54 Å². The summed E-state index contributed by atoms with van der Waals surface area (Å²) >= 11 is 0. The number of hydrogen-bond acceptors (Lipinski definition) is 1. The van der Waals surface area contributed by atoms with Crippen LogP contribution in [0.15, 0.2) is 11.6 Å². The number of rotatable bonds is 1. The van der Waals surface area contributed by atoms with Crippen molar-refractivity contribution in [1.29, 1.82) is 0 Å². The van der Waals surface area contributed by atoms with E-state index >= 15 is 0 Å². The first-order chi connectivity index (χ1) is 8.66. The molecule has 1 atom stereocenters. The van der Waals surface area contributed by atoms with Crippen LogP contribution in [0.2, 0.25) is 0 Å². The van der Waals surface area contributed by atoms with Crippen LogP contribution in [-0.2, 0) is 0 Å². The molecule has 4 saturated carbocycles. The Kier molecular flexibility index (Phi) is 2.46. The van der Waals surface area contributed by atoms with Gasteiger partial charge in [0.2, 0.25) is 0 Å². The molecule has 0 aliphatic heterocycles. The molecule has 1 nitrogen and oxygen atoms in total. The Morgan fingerprint density at radius 2 is 1.67 bits per heavy atom. The summed E-state index contributed by atoms with van der Waals surface area (Å²) in [5, 5.41) is 0. The van der Waals surface area contributed by atoms with Crippen LogP contribution in [0.25, 0.3) is 0 Å². The Morgan fingerprint density at radius 1 is 1.06 bits per heavy atom. The molecule has 0 aromatic heterocycles. The van der Waals surface area contributed by atoms with Crippen molar-refractivity contribution in [2.45, 2.75) is 63.8 Å². The van der Waals surface area contributed by atoms with E-state index in [1.807, 2.05) is 0 Å². The predicted molar refractivity (Wildman–Crippen MR) is 75.1 cm³/mol. The van der Waals surface area contributed by atoms with Crippen LogP contribution in [0.4, 0.5) is 0 Å². The highest BCUT2D eigenvalue weighted by Gasteiger charge is 2.56. The molecule has 0 radical (unpaired) electrons. The SMILES string of the molecule is CC1CC=C(C2(N)C3CC4CC(C3)CC2C4)CC1. The van der Waals surface area contributed by atoms with Crippen molar-refractivity contribution in [1.82, 2.24) is 0 Å². The average molecular weight is 245 g/mol. The molecule has 5 aliphatic rings. The first-order valence-corrected chi connectivity index (χ1v) is 8.14. The van der Waals surface area contributed by atoms with Crippen molar-refractivity contribution in [3.63, 3.8) is 0 Å². The number of allylic oxidation sites excluding steroid dienone is 1. The molecule has 2 N–H and O–H groups in total. The van der Waals surface area contributed by atoms with E-state index in [9.17, 15) is 0 Å². The summed E-state index contributed by atoms with van der Waals surface area (Å²) in [7, 11) is 0. The molecule has 4 fully saturated rings. The quantitative estimate of drug-likeness (QED) is 0.697. The maximum Gasteiger partial charge on any atom is 0.0426 e. The van der Waals surface area contributed by atoms with E-state index in [2.05, 4.69) is 13.0 Å². The normalized spacial score (nSPS) is 54.6. The molecule has 1 unspecified atom stereocenters. The highest BCUT2D eigenvalue weighted by molar-refractivity contribution is 5.29. The average Bonchev–Trinajstić information content (AvgIpc) is 2.35. The number of hydrogen-bond donors (Lipinski definition) is 1. The lowest BCUT2D eigenvalue weighted by Gasteiger charge is -2.61. The first kappa shape index (κ1) is 11.5. The molecule has 0 spiro atoms. The Labute approximate surface area is 111 Å². The highest BCUT2D eigenvalue weighted by atomic mass is 14.8. The Bertz CT molecular complexity index is 353. The van der Waals surface area contributed by atoms with Crippen molar-refractivity contribution in [3.05, 3.63) is 11.6 Å². The van der Waals surface area contributed by atoms with Gasteiger partial charge in [0.1, 0.15) is 0 Å². The molecule has 5 rings (SSSR count). The minimum absolute atomic E-state index is 0.119. The molecule has 18 heavy (non-hydrogen) atoms. The Morgan fingerprint density at radius 3 is 2.17 bits per heavy atom. The summed E-state index contributed by atoms with van der Waals surface area (Å²) in [6, 6.07) is 0. The smallest absolute Gasteiger partial charge is 0.0426 e. The van der Waals surface area contributed by atoms with E-state index in [1.54, 1.807) is 5.57 Å². The minimum Gasteiger partial charge on any atom is -0.321 e. The molecule has 5 aliphatic carbocycles. The zero-order valence-corrected chi connectivity index (χ0v) is 11.7. The second-order valence-electron chi connectivity index (χ2n) is 7.85. The maximum atomic E-state index is 7.04. The van der Waals surface area contributed by atoms with Gasteiger partial charge in [-0.05, 0) is 81.0 Å². The van der Waals surface area contributed by atoms with Crippen molar-refractivity contribution in [2.75, 3.05) is 0 Å². The maximum absolute atomic E-state index is 7.04. The van der Waals surface area contributed by atoms with E-state index in [4.69, 9.17) is 5.73 Å². The molecular formula is C17H27N. The van der Waals surface area contributed by atoms with Crippen molar-refractivity contribution < 1.29 is 0 Å². The fourth-order valence-electron chi connectivity index (χ4n) is 5.85. The Hall–Kier alpha value is -0.300. The van der Waals surface area contributed by atoms with Crippen molar-refractivity contribution in [2.24, 2.45) is 35.3 Å². The summed E-state index contributed by atoms with van der Waals surface area (Å²) in [5.41, 5.74) is 8.82. The third kappa shape index (κ3) is 1.49. The molecular weight excluding hydrogens is 218 g/mol. The topological polar surface area (TPSA) is 26.0 Å². The van der Waals surface area contributed by atoms with Crippen LogP contribution in [0.5, 0.6) is 0 Å². The third-order valence-electron chi connectivity index (χ3n) is 6.72. The predicted octanol–water partition coefficient (Wildman–Crippen LogP) is 3.89. The largest absolute Gasteiger partial charge is 0.321 e. The van der Waals surface area contributed by atoms with Crippen LogP contribution >= 0.6 is 0 Å². The molecule has 0 saturated heterocycles. The molecule has 0 heterocycles. The van der Waals surface area contributed by atoms with Gasteiger partial charge in [0.25, 0.3) is 0 Å². The van der Waals surface area contributed by atoms with Gasteiger partial charge in [-0.15, -0.1) is 0 Å². The van der Waals surface area contributed by atoms with Gasteiger partial charge in [-0.1, -0.05) is 18.6 Å². The van der Waals surface area contributed by atoms with Crippen molar-refractivity contribution in [3.8, 4) is 0 Å². The molecule has 100 valence electrons. The van der Waals surface area contributed by atoms with Gasteiger partial charge < -0.3 is 5.73 Å². The zero-order valence-electron chi connectivity index (χ0n) is 11.7. The summed E-state index contributed by atoms with van der Waals surface area (Å²) < 4.78 is 0. The second-order valence-corrected chi connectivity index (χ2v) is 7.85. The lowest BCUT2D eigenvalue weighted by Crippen LogP contribution is -2.64. The van der Waals surface area contributed by atoms with Crippen LogP contribution in [0.1, 0.15) is 58.3 Å². The first-order valence-electron chi connectivity index (χ1n) is 8.14. The minimum atomic E-state index is 0.119. The van der Waals surface area contributed by atoms with Gasteiger partial charge in [0, 0.05) is 5.54 Å². The number of nitrogens with two attached hydrogens (primary N) is 1. The third-order valence-corrected chi connectivity index (χ3v) is 6.72. The molecule has 0 aromatic rings. The monoisotopic (exact) mass is 245 g/mol. The van der Waals surface area contributed by atoms with Gasteiger partial charge >= 0.3 is 0 Å². The van der Waals surface area contributed by atoms with Crippen LogP contribution in [0.3, 0.4) is 0 Å². The summed E-state index contributed by atoms with van der Waals surface area (Å²) in [6.07, 6.45) is 13.8. The molecule has 0 amide bonds. The van der Waals surface area contributed by atoms with E-state index in [0.29, 0.717) is 0 Å². The fraction of sp³-hybridized carbons (Fsp3) is 0.882. The van der Waals surface area contributed by atoms with E-state index in [0.717, 1.165) is 29.6 Å². The summed E-state index contributed by atoms with van der Waals surface area (Å²) in [5.74, 6) is 4.61. The van der Waals surface area contributed by atoms with Gasteiger partial charge in [-0.25, -0.2) is 0 Å². The summed E-state index contributed by atoms with van der Waals surface area (Å²) in [6.45, 7) is 2.38. The van der Waals surface area contributed by atoms with Crippen LogP contribution in [0, 0.1) is 29.6 Å². The lowest BCUT2D eigenvalue weighted by molar-refractivity contribution is -0.0402. The van der Waals surface area contributed by atoms with Gasteiger partial charge in [-0.3, -0.25) is 0 Å². The lowest BCUT2D eigenvalue weighted by atomic mass is 9.46. The molecule has 1 heteroatoms. The summed E-state index contributed by atoms with van der Waals surface area (Å²) in [4.78, 5) is 0. The van der Waals surface area contributed by atoms with Gasteiger partial charge in [0.05, 0.1) is 0 Å². The zero-order chi connectivity index (χ0) is 12.3. The highest BCUT2D eigenvalue weighted by Crippen LogP contribution is 2.60. The molecule has 4 bridgehead atoms.